The summed E-state index contributed by atoms with van der Waals surface area (Å²) in [5.74, 6) is -1.28. The van der Waals surface area contributed by atoms with Gasteiger partial charge in [0.15, 0.2) is 23.1 Å². The van der Waals surface area contributed by atoms with Crippen molar-refractivity contribution >= 4 is 23.6 Å². The molecule has 0 aromatic heterocycles. The first-order valence-corrected chi connectivity index (χ1v) is 9.60. The van der Waals surface area contributed by atoms with Crippen molar-refractivity contribution in [1.29, 1.82) is 0 Å². The lowest BCUT2D eigenvalue weighted by atomic mass is 10.1. The number of ether oxygens (including phenoxy) is 2. The number of hydrogen-bond donors (Lipinski definition) is 0. The van der Waals surface area contributed by atoms with Crippen molar-refractivity contribution < 1.29 is 23.0 Å². The molecule has 0 saturated heterocycles. The van der Waals surface area contributed by atoms with Crippen molar-refractivity contribution in [3.05, 3.63) is 64.2 Å². The standard InChI is InChI=1S/C22H25ClF2N2O3/c1-26(2)9-10-27(14-16-5-7-18(24)19(25)12-16)21(28)8-6-15-11-17(23)22(30-4)20(13-15)29-3/h5-8,11-13H,9-10,14H2,1-4H3. The van der Waals surface area contributed by atoms with Crippen LogP contribution in [0.2, 0.25) is 5.02 Å². The second-order valence-corrected chi connectivity index (χ2v) is 7.29. The Kier molecular flexibility index (Phi) is 8.62. The van der Waals surface area contributed by atoms with E-state index in [1.807, 2.05) is 19.0 Å². The van der Waals surface area contributed by atoms with Crippen LogP contribution in [0, 0.1) is 11.6 Å². The van der Waals surface area contributed by atoms with E-state index in [9.17, 15) is 13.6 Å². The molecule has 0 heterocycles. The molecule has 0 aliphatic carbocycles. The van der Waals surface area contributed by atoms with Gasteiger partial charge in [0.05, 0.1) is 19.2 Å². The van der Waals surface area contributed by atoms with Gasteiger partial charge in [-0.15, -0.1) is 0 Å². The molecule has 2 rings (SSSR count). The molecule has 0 unspecified atom stereocenters. The van der Waals surface area contributed by atoms with E-state index in [1.54, 1.807) is 23.1 Å². The third-order valence-electron chi connectivity index (χ3n) is 4.36. The molecule has 0 bridgehead atoms. The Hall–Kier alpha value is -2.64. The van der Waals surface area contributed by atoms with Crippen molar-refractivity contribution in [3.63, 3.8) is 0 Å². The van der Waals surface area contributed by atoms with Crippen LogP contribution in [0.3, 0.4) is 0 Å². The fourth-order valence-corrected chi connectivity index (χ4v) is 3.05. The summed E-state index contributed by atoms with van der Waals surface area (Å²) >= 11 is 6.20. The van der Waals surface area contributed by atoms with Crippen LogP contribution >= 0.6 is 11.6 Å². The molecule has 2 aromatic carbocycles. The first kappa shape index (κ1) is 23.6. The second kappa shape index (κ2) is 10.9. The molecule has 0 atom stereocenters. The molecule has 1 amide bonds. The Morgan fingerprint density at radius 3 is 2.40 bits per heavy atom. The zero-order valence-corrected chi connectivity index (χ0v) is 18.2. The molecule has 0 fully saturated rings. The van der Waals surface area contributed by atoms with Gasteiger partial charge in [0.2, 0.25) is 5.91 Å². The highest BCUT2D eigenvalue weighted by Crippen LogP contribution is 2.36. The number of carbonyl (C=O) groups excluding carboxylic acids is 1. The van der Waals surface area contributed by atoms with E-state index in [0.717, 1.165) is 12.1 Å². The predicted molar refractivity (Wildman–Crippen MR) is 114 cm³/mol. The lowest BCUT2D eigenvalue weighted by molar-refractivity contribution is -0.126. The van der Waals surface area contributed by atoms with Gasteiger partial charge < -0.3 is 19.3 Å². The van der Waals surface area contributed by atoms with Crippen molar-refractivity contribution in [2.24, 2.45) is 0 Å². The number of nitrogens with zero attached hydrogens (tertiary/aromatic N) is 2. The highest BCUT2D eigenvalue weighted by Gasteiger charge is 2.14. The monoisotopic (exact) mass is 438 g/mol. The zero-order chi connectivity index (χ0) is 22.3. The van der Waals surface area contributed by atoms with Crippen molar-refractivity contribution in [2.75, 3.05) is 41.4 Å². The van der Waals surface area contributed by atoms with Crippen LogP contribution in [0.25, 0.3) is 6.08 Å². The molecule has 0 aliphatic rings. The molecular formula is C22H25ClF2N2O3. The van der Waals surface area contributed by atoms with Crippen molar-refractivity contribution in [3.8, 4) is 11.5 Å². The minimum absolute atomic E-state index is 0.154. The molecule has 0 N–H and O–H groups in total. The van der Waals surface area contributed by atoms with Gasteiger partial charge in [0.1, 0.15) is 0 Å². The fraction of sp³-hybridized carbons (Fsp3) is 0.318. The normalized spacial score (nSPS) is 11.2. The molecule has 0 aliphatic heterocycles. The number of halogens is 3. The van der Waals surface area contributed by atoms with E-state index in [1.165, 1.54) is 26.4 Å². The van der Waals surface area contributed by atoms with Crippen LogP contribution in [0.1, 0.15) is 11.1 Å². The Morgan fingerprint density at radius 1 is 1.07 bits per heavy atom. The number of rotatable bonds is 9. The molecule has 30 heavy (non-hydrogen) atoms. The summed E-state index contributed by atoms with van der Waals surface area (Å²) in [6, 6.07) is 6.98. The number of hydrogen-bond acceptors (Lipinski definition) is 4. The van der Waals surface area contributed by atoms with Crippen LogP contribution in [0.15, 0.2) is 36.4 Å². The molecule has 8 heteroatoms. The average Bonchev–Trinajstić information content (AvgIpc) is 2.71. The summed E-state index contributed by atoms with van der Waals surface area (Å²) in [5.41, 5.74) is 1.16. The average molecular weight is 439 g/mol. The van der Waals surface area contributed by atoms with Gasteiger partial charge in [0, 0.05) is 25.7 Å². The molecule has 5 nitrogen and oxygen atoms in total. The van der Waals surface area contributed by atoms with E-state index < -0.39 is 11.6 Å². The second-order valence-electron chi connectivity index (χ2n) is 6.88. The van der Waals surface area contributed by atoms with Gasteiger partial charge in [-0.05, 0) is 55.6 Å². The van der Waals surface area contributed by atoms with Crippen molar-refractivity contribution in [2.45, 2.75) is 6.54 Å². The molecule has 2 aromatic rings. The third-order valence-corrected chi connectivity index (χ3v) is 4.64. The van der Waals surface area contributed by atoms with E-state index in [4.69, 9.17) is 21.1 Å². The third kappa shape index (κ3) is 6.43. The van der Waals surface area contributed by atoms with Gasteiger partial charge in [-0.25, -0.2) is 8.78 Å². The minimum atomic E-state index is -0.942. The maximum atomic E-state index is 13.6. The summed E-state index contributed by atoms with van der Waals surface area (Å²) in [6.45, 7) is 1.19. The Labute approximate surface area is 180 Å². The highest BCUT2D eigenvalue weighted by molar-refractivity contribution is 6.32. The topological polar surface area (TPSA) is 42.0 Å². The molecule has 0 spiro atoms. The van der Waals surface area contributed by atoms with Gasteiger partial charge >= 0.3 is 0 Å². The predicted octanol–water partition coefficient (Wildman–Crippen LogP) is 4.24. The first-order chi connectivity index (χ1) is 14.2. The lowest BCUT2D eigenvalue weighted by Crippen LogP contribution is -2.35. The summed E-state index contributed by atoms with van der Waals surface area (Å²) in [7, 11) is 6.77. The largest absolute Gasteiger partial charge is 0.493 e. The summed E-state index contributed by atoms with van der Waals surface area (Å²) < 4.78 is 37.2. The maximum Gasteiger partial charge on any atom is 0.246 e. The summed E-state index contributed by atoms with van der Waals surface area (Å²) in [4.78, 5) is 16.3. The first-order valence-electron chi connectivity index (χ1n) is 9.22. The van der Waals surface area contributed by atoms with E-state index >= 15 is 0 Å². The number of benzene rings is 2. The number of methoxy groups -OCH3 is 2. The van der Waals surface area contributed by atoms with Gasteiger partial charge in [-0.3, -0.25) is 4.79 Å². The van der Waals surface area contributed by atoms with Gasteiger partial charge in [-0.1, -0.05) is 17.7 Å². The summed E-state index contributed by atoms with van der Waals surface area (Å²) in [6.07, 6.45) is 3.02. The van der Waals surface area contributed by atoms with Crippen LogP contribution < -0.4 is 9.47 Å². The molecule has 162 valence electrons. The molecular weight excluding hydrogens is 414 g/mol. The summed E-state index contributed by atoms with van der Waals surface area (Å²) in [5, 5.41) is 0.357. The Balaban J connectivity index is 2.22. The number of likely N-dealkylation sites (N-methyl/N-ethyl adjacent to an activating group) is 1. The zero-order valence-electron chi connectivity index (χ0n) is 17.4. The Morgan fingerprint density at radius 2 is 1.80 bits per heavy atom. The Bertz CT molecular complexity index is 919. The van der Waals surface area contributed by atoms with Gasteiger partial charge in [0.25, 0.3) is 0 Å². The SMILES string of the molecule is COc1cc(C=CC(=O)N(CCN(C)C)Cc2ccc(F)c(F)c2)cc(Cl)c1OC. The van der Waals surface area contributed by atoms with Crippen LogP contribution in [0.4, 0.5) is 8.78 Å². The fourth-order valence-electron chi connectivity index (χ4n) is 2.75. The van der Waals surface area contributed by atoms with Crippen LogP contribution in [-0.2, 0) is 11.3 Å². The smallest absolute Gasteiger partial charge is 0.246 e. The molecule has 0 saturated carbocycles. The van der Waals surface area contributed by atoms with E-state index in [-0.39, 0.29) is 12.5 Å². The quantitative estimate of drug-likeness (QED) is 0.549. The van der Waals surface area contributed by atoms with E-state index in [2.05, 4.69) is 0 Å². The van der Waals surface area contributed by atoms with Crippen molar-refractivity contribution in [1.82, 2.24) is 9.80 Å². The number of carbonyl (C=O) groups is 1. The number of amides is 1. The molecule has 0 radical (unpaired) electrons. The van der Waals surface area contributed by atoms with Crippen LogP contribution in [0.5, 0.6) is 11.5 Å². The van der Waals surface area contributed by atoms with Gasteiger partial charge in [-0.2, -0.15) is 0 Å². The maximum absolute atomic E-state index is 13.6. The van der Waals surface area contributed by atoms with E-state index in [0.29, 0.717) is 40.7 Å². The van der Waals surface area contributed by atoms with Crippen LogP contribution in [-0.4, -0.2) is 57.1 Å². The highest BCUT2D eigenvalue weighted by atomic mass is 35.5. The lowest BCUT2D eigenvalue weighted by Gasteiger charge is -2.23. The minimum Gasteiger partial charge on any atom is -0.493 e.